The summed E-state index contributed by atoms with van der Waals surface area (Å²) in [5.74, 6) is -0.877. The topological polar surface area (TPSA) is 52.6 Å². The minimum atomic E-state index is -0.877. The molecule has 0 saturated carbocycles. The molecule has 1 aliphatic heterocycles. The van der Waals surface area contributed by atoms with Crippen LogP contribution >= 0.6 is 0 Å². The Balaban J connectivity index is 2.23. The maximum atomic E-state index is 10.8. The first kappa shape index (κ1) is 11.9. The van der Waals surface area contributed by atoms with Crippen LogP contribution in [-0.4, -0.2) is 36.2 Å². The van der Waals surface area contributed by atoms with Gasteiger partial charge in [0.05, 0.1) is 5.56 Å². The van der Waals surface area contributed by atoms with E-state index in [2.05, 4.69) is 24.1 Å². The van der Waals surface area contributed by atoms with E-state index in [0.717, 1.165) is 18.8 Å². The number of hydrogen-bond acceptors (Lipinski definition) is 3. The molecule has 4 heteroatoms. The maximum Gasteiger partial charge on any atom is 0.335 e. The van der Waals surface area contributed by atoms with Gasteiger partial charge in [-0.15, -0.1) is 0 Å². The lowest BCUT2D eigenvalue weighted by atomic mass is 10.1. The summed E-state index contributed by atoms with van der Waals surface area (Å²) in [4.78, 5) is 13.1. The number of carboxylic acid groups (broad SMARTS) is 1. The van der Waals surface area contributed by atoms with Gasteiger partial charge >= 0.3 is 5.97 Å². The molecule has 17 heavy (non-hydrogen) atoms. The molecule has 2 N–H and O–H groups in total. The van der Waals surface area contributed by atoms with Gasteiger partial charge in [0.15, 0.2) is 0 Å². The highest BCUT2D eigenvalue weighted by Gasteiger charge is 2.24. The zero-order valence-electron chi connectivity index (χ0n) is 10.2. The van der Waals surface area contributed by atoms with E-state index < -0.39 is 5.97 Å². The van der Waals surface area contributed by atoms with E-state index in [1.54, 1.807) is 12.1 Å². The first-order valence-corrected chi connectivity index (χ1v) is 5.92. The summed E-state index contributed by atoms with van der Waals surface area (Å²) >= 11 is 0. The Kier molecular flexibility index (Phi) is 3.33. The van der Waals surface area contributed by atoms with E-state index in [1.165, 1.54) is 0 Å². The molecule has 1 aromatic rings. The Labute approximate surface area is 101 Å². The van der Waals surface area contributed by atoms with Crippen molar-refractivity contribution in [3.8, 4) is 0 Å². The lowest BCUT2D eigenvalue weighted by Gasteiger charge is -2.41. The van der Waals surface area contributed by atoms with Crippen molar-refractivity contribution < 1.29 is 9.90 Å². The lowest BCUT2D eigenvalue weighted by molar-refractivity contribution is 0.0697. The highest BCUT2D eigenvalue weighted by Crippen LogP contribution is 2.22. The monoisotopic (exact) mass is 234 g/mol. The quantitative estimate of drug-likeness (QED) is 0.815. The highest BCUT2D eigenvalue weighted by atomic mass is 16.4. The van der Waals surface area contributed by atoms with Crippen LogP contribution in [0.1, 0.15) is 24.2 Å². The second-order valence-electron chi connectivity index (χ2n) is 4.62. The van der Waals surface area contributed by atoms with E-state index >= 15 is 0 Å². The summed E-state index contributed by atoms with van der Waals surface area (Å²) in [5.41, 5.74) is 1.43. The third-order valence-electron chi connectivity index (χ3n) is 3.24. The minimum Gasteiger partial charge on any atom is -0.478 e. The Bertz CT molecular complexity index is 392. The van der Waals surface area contributed by atoms with Crippen LogP contribution in [0.4, 0.5) is 5.69 Å². The van der Waals surface area contributed by atoms with Crippen LogP contribution in [0, 0.1) is 0 Å². The van der Waals surface area contributed by atoms with E-state index in [9.17, 15) is 4.79 Å². The van der Waals surface area contributed by atoms with Crippen molar-refractivity contribution in [2.24, 2.45) is 0 Å². The number of carboxylic acids is 1. The van der Waals surface area contributed by atoms with Crippen LogP contribution < -0.4 is 10.2 Å². The molecule has 1 heterocycles. The zero-order valence-corrected chi connectivity index (χ0v) is 10.2. The SMILES string of the molecule is CC1CNCC(C)N1c1ccc(C(=O)O)cc1. The summed E-state index contributed by atoms with van der Waals surface area (Å²) in [6.07, 6.45) is 0. The van der Waals surface area contributed by atoms with Crippen LogP contribution in [0.15, 0.2) is 24.3 Å². The molecule has 4 nitrogen and oxygen atoms in total. The molecule has 0 radical (unpaired) electrons. The predicted molar refractivity (Wildman–Crippen MR) is 67.7 cm³/mol. The number of aromatic carboxylic acids is 1. The third kappa shape index (κ3) is 2.42. The smallest absolute Gasteiger partial charge is 0.335 e. The van der Waals surface area contributed by atoms with E-state index in [0.29, 0.717) is 17.6 Å². The Morgan fingerprint density at radius 3 is 2.24 bits per heavy atom. The fourth-order valence-corrected chi connectivity index (χ4v) is 2.42. The van der Waals surface area contributed by atoms with Crippen LogP contribution in [0.3, 0.4) is 0 Å². The Morgan fingerprint density at radius 2 is 1.76 bits per heavy atom. The number of anilines is 1. The molecule has 2 atom stereocenters. The minimum absolute atomic E-state index is 0.337. The molecular weight excluding hydrogens is 216 g/mol. The van der Waals surface area contributed by atoms with Gasteiger partial charge in [-0.25, -0.2) is 4.79 Å². The molecule has 0 spiro atoms. The number of piperazine rings is 1. The molecule has 2 unspecified atom stereocenters. The Hall–Kier alpha value is -1.55. The normalized spacial score (nSPS) is 24.7. The molecule has 1 aromatic carbocycles. The van der Waals surface area contributed by atoms with E-state index in [-0.39, 0.29) is 0 Å². The highest BCUT2D eigenvalue weighted by molar-refractivity contribution is 5.88. The molecule has 0 bridgehead atoms. The second-order valence-corrected chi connectivity index (χ2v) is 4.62. The van der Waals surface area contributed by atoms with Crippen molar-refractivity contribution in [3.05, 3.63) is 29.8 Å². The lowest BCUT2D eigenvalue weighted by Crippen LogP contribution is -2.55. The first-order chi connectivity index (χ1) is 8.09. The molecule has 1 saturated heterocycles. The largest absolute Gasteiger partial charge is 0.478 e. The number of nitrogens with zero attached hydrogens (tertiary/aromatic N) is 1. The summed E-state index contributed by atoms with van der Waals surface area (Å²) in [7, 11) is 0. The van der Waals surface area contributed by atoms with Crippen LogP contribution in [-0.2, 0) is 0 Å². The molecule has 1 fully saturated rings. The molecule has 0 aromatic heterocycles. The zero-order chi connectivity index (χ0) is 12.4. The van der Waals surface area contributed by atoms with Gasteiger partial charge in [-0.05, 0) is 38.1 Å². The second kappa shape index (κ2) is 4.75. The summed E-state index contributed by atoms with van der Waals surface area (Å²) in [6.45, 7) is 6.28. The van der Waals surface area contributed by atoms with Crippen molar-refractivity contribution in [1.29, 1.82) is 0 Å². The third-order valence-corrected chi connectivity index (χ3v) is 3.24. The van der Waals surface area contributed by atoms with Gasteiger partial charge < -0.3 is 15.3 Å². The number of nitrogens with one attached hydrogen (secondary N) is 1. The van der Waals surface area contributed by atoms with Gasteiger partial charge in [-0.2, -0.15) is 0 Å². The Morgan fingerprint density at radius 1 is 1.24 bits per heavy atom. The van der Waals surface area contributed by atoms with Gasteiger partial charge in [-0.1, -0.05) is 0 Å². The molecule has 2 rings (SSSR count). The van der Waals surface area contributed by atoms with E-state index in [1.807, 2.05) is 12.1 Å². The molecule has 0 amide bonds. The maximum absolute atomic E-state index is 10.8. The fraction of sp³-hybridized carbons (Fsp3) is 0.462. The van der Waals surface area contributed by atoms with Crippen molar-refractivity contribution in [2.75, 3.05) is 18.0 Å². The van der Waals surface area contributed by atoms with E-state index in [4.69, 9.17) is 5.11 Å². The van der Waals surface area contributed by atoms with Gasteiger partial charge in [0, 0.05) is 30.9 Å². The summed E-state index contributed by atoms with van der Waals surface area (Å²) in [6, 6.07) is 7.96. The fourth-order valence-electron chi connectivity index (χ4n) is 2.42. The molecular formula is C13H18N2O2. The van der Waals surface area contributed by atoms with Crippen LogP contribution in [0.25, 0.3) is 0 Å². The van der Waals surface area contributed by atoms with Crippen molar-refractivity contribution in [2.45, 2.75) is 25.9 Å². The average molecular weight is 234 g/mol. The number of carbonyl (C=O) groups is 1. The van der Waals surface area contributed by atoms with Crippen LogP contribution in [0.5, 0.6) is 0 Å². The van der Waals surface area contributed by atoms with Gasteiger partial charge in [0.1, 0.15) is 0 Å². The molecule has 92 valence electrons. The van der Waals surface area contributed by atoms with Gasteiger partial charge in [0.25, 0.3) is 0 Å². The predicted octanol–water partition coefficient (Wildman–Crippen LogP) is 1.57. The van der Waals surface area contributed by atoms with Crippen molar-refractivity contribution >= 4 is 11.7 Å². The average Bonchev–Trinajstić information content (AvgIpc) is 2.29. The summed E-state index contributed by atoms with van der Waals surface area (Å²) in [5, 5.41) is 12.2. The number of rotatable bonds is 2. The van der Waals surface area contributed by atoms with Gasteiger partial charge in [-0.3, -0.25) is 0 Å². The van der Waals surface area contributed by atoms with Crippen molar-refractivity contribution in [3.63, 3.8) is 0 Å². The van der Waals surface area contributed by atoms with Crippen LogP contribution in [0.2, 0.25) is 0 Å². The standard InChI is InChI=1S/C13H18N2O2/c1-9-7-14-8-10(2)15(9)12-5-3-11(4-6-12)13(16)17/h3-6,9-10,14H,7-8H2,1-2H3,(H,16,17). The number of benzene rings is 1. The molecule has 1 aliphatic rings. The first-order valence-electron chi connectivity index (χ1n) is 5.92. The number of hydrogen-bond donors (Lipinski definition) is 2. The molecule has 0 aliphatic carbocycles. The van der Waals surface area contributed by atoms with Gasteiger partial charge in [0.2, 0.25) is 0 Å². The van der Waals surface area contributed by atoms with Crippen molar-refractivity contribution in [1.82, 2.24) is 5.32 Å². The summed E-state index contributed by atoms with van der Waals surface area (Å²) < 4.78 is 0.